The Hall–Kier alpha value is -2.84. The Kier molecular flexibility index (Phi) is 8.24. The third kappa shape index (κ3) is 6.39. The second kappa shape index (κ2) is 11.5. The SMILES string of the molecule is COc1cccc(-c2csc(NC(=O)C(C)Sc3cccc(NC(=O)C4CCCCC4)c3)n2)c1. The number of anilines is 2. The summed E-state index contributed by atoms with van der Waals surface area (Å²) in [6.45, 7) is 1.86. The van der Waals surface area contributed by atoms with E-state index in [9.17, 15) is 9.59 Å². The number of carbonyl (C=O) groups is 2. The smallest absolute Gasteiger partial charge is 0.239 e. The summed E-state index contributed by atoms with van der Waals surface area (Å²) in [5, 5.41) is 8.12. The largest absolute Gasteiger partial charge is 0.497 e. The van der Waals surface area contributed by atoms with Gasteiger partial charge in [0.15, 0.2) is 5.13 Å². The molecule has 0 aliphatic heterocycles. The van der Waals surface area contributed by atoms with Crippen LogP contribution in [0, 0.1) is 5.92 Å². The second-order valence-electron chi connectivity index (χ2n) is 8.37. The van der Waals surface area contributed by atoms with Crippen molar-refractivity contribution in [1.29, 1.82) is 0 Å². The monoisotopic (exact) mass is 495 g/mol. The molecule has 0 saturated heterocycles. The summed E-state index contributed by atoms with van der Waals surface area (Å²) < 4.78 is 5.28. The molecule has 0 radical (unpaired) electrons. The standard InChI is InChI=1S/C26H29N3O3S2/c1-17(24(30)29-26-28-23(16-33-26)19-10-6-12-21(14-19)32-2)34-22-13-7-11-20(15-22)27-25(31)18-8-4-3-5-9-18/h6-7,10-18H,3-5,8-9H2,1-2H3,(H,27,31)(H,28,29,30). The summed E-state index contributed by atoms with van der Waals surface area (Å²) in [7, 11) is 1.63. The maximum atomic E-state index is 12.8. The van der Waals surface area contributed by atoms with E-state index >= 15 is 0 Å². The molecule has 34 heavy (non-hydrogen) atoms. The molecule has 178 valence electrons. The molecule has 1 saturated carbocycles. The van der Waals surface area contributed by atoms with E-state index in [1.807, 2.05) is 60.8 Å². The van der Waals surface area contributed by atoms with E-state index < -0.39 is 0 Å². The van der Waals surface area contributed by atoms with E-state index in [0.717, 1.165) is 53.3 Å². The van der Waals surface area contributed by atoms with Gasteiger partial charge >= 0.3 is 0 Å². The number of methoxy groups -OCH3 is 1. The van der Waals surface area contributed by atoms with Gasteiger partial charge in [0.1, 0.15) is 5.75 Å². The van der Waals surface area contributed by atoms with Crippen LogP contribution in [0.4, 0.5) is 10.8 Å². The molecular weight excluding hydrogens is 466 g/mol. The normalized spacial score (nSPS) is 14.9. The van der Waals surface area contributed by atoms with Gasteiger partial charge < -0.3 is 15.4 Å². The van der Waals surface area contributed by atoms with Gasteiger partial charge in [-0.3, -0.25) is 9.59 Å². The number of rotatable bonds is 8. The molecule has 1 atom stereocenters. The highest BCUT2D eigenvalue weighted by Gasteiger charge is 2.21. The highest BCUT2D eigenvalue weighted by Crippen LogP contribution is 2.30. The number of thioether (sulfide) groups is 1. The zero-order chi connectivity index (χ0) is 23.9. The molecule has 2 N–H and O–H groups in total. The van der Waals surface area contributed by atoms with Crippen LogP contribution in [0.5, 0.6) is 5.75 Å². The lowest BCUT2D eigenvalue weighted by molar-refractivity contribution is -0.120. The van der Waals surface area contributed by atoms with Crippen molar-refractivity contribution in [1.82, 2.24) is 4.98 Å². The van der Waals surface area contributed by atoms with Gasteiger partial charge in [-0.15, -0.1) is 23.1 Å². The molecule has 1 aliphatic rings. The van der Waals surface area contributed by atoms with Gasteiger partial charge in [0, 0.05) is 27.4 Å². The predicted octanol–water partition coefficient (Wildman–Crippen LogP) is 6.46. The highest BCUT2D eigenvalue weighted by molar-refractivity contribution is 8.00. The fraction of sp³-hybridized carbons (Fsp3) is 0.346. The molecule has 2 amide bonds. The van der Waals surface area contributed by atoms with Crippen LogP contribution in [-0.4, -0.2) is 29.2 Å². The molecule has 1 heterocycles. The molecule has 4 rings (SSSR count). The number of amides is 2. The zero-order valence-electron chi connectivity index (χ0n) is 19.4. The first-order valence-corrected chi connectivity index (χ1v) is 13.3. The maximum Gasteiger partial charge on any atom is 0.239 e. The fourth-order valence-corrected chi connectivity index (χ4v) is 5.62. The van der Waals surface area contributed by atoms with E-state index in [1.54, 1.807) is 7.11 Å². The molecule has 1 unspecified atom stereocenters. The van der Waals surface area contributed by atoms with E-state index in [-0.39, 0.29) is 23.0 Å². The van der Waals surface area contributed by atoms with Crippen molar-refractivity contribution in [2.45, 2.75) is 49.2 Å². The number of benzene rings is 2. The zero-order valence-corrected chi connectivity index (χ0v) is 21.0. The van der Waals surface area contributed by atoms with Crippen molar-refractivity contribution in [3.05, 3.63) is 53.9 Å². The fourth-order valence-electron chi connectivity index (χ4n) is 3.97. The van der Waals surface area contributed by atoms with Crippen LogP contribution < -0.4 is 15.4 Å². The highest BCUT2D eigenvalue weighted by atomic mass is 32.2. The number of carbonyl (C=O) groups excluding carboxylic acids is 2. The topological polar surface area (TPSA) is 80.3 Å². The van der Waals surface area contributed by atoms with Gasteiger partial charge in [0.05, 0.1) is 18.1 Å². The van der Waals surface area contributed by atoms with Crippen LogP contribution in [0.15, 0.2) is 58.8 Å². The number of ether oxygens (including phenoxy) is 1. The van der Waals surface area contributed by atoms with Gasteiger partial charge in [0.25, 0.3) is 0 Å². The van der Waals surface area contributed by atoms with E-state index in [2.05, 4.69) is 15.6 Å². The van der Waals surface area contributed by atoms with Crippen molar-refractivity contribution in [2.24, 2.45) is 5.92 Å². The summed E-state index contributed by atoms with van der Waals surface area (Å²) in [4.78, 5) is 30.8. The maximum absolute atomic E-state index is 12.8. The molecular formula is C26H29N3O3S2. The first-order chi connectivity index (χ1) is 16.5. The van der Waals surface area contributed by atoms with E-state index in [1.165, 1.54) is 29.5 Å². The van der Waals surface area contributed by atoms with Crippen molar-refractivity contribution < 1.29 is 14.3 Å². The predicted molar refractivity (Wildman–Crippen MR) is 140 cm³/mol. The van der Waals surface area contributed by atoms with Gasteiger partial charge in [-0.25, -0.2) is 4.98 Å². The van der Waals surface area contributed by atoms with Crippen LogP contribution in [0.3, 0.4) is 0 Å². The van der Waals surface area contributed by atoms with Gasteiger partial charge in [-0.2, -0.15) is 0 Å². The van der Waals surface area contributed by atoms with Crippen LogP contribution in [0.1, 0.15) is 39.0 Å². The van der Waals surface area contributed by atoms with Crippen LogP contribution in [0.25, 0.3) is 11.3 Å². The summed E-state index contributed by atoms with van der Waals surface area (Å²) >= 11 is 2.84. The lowest BCUT2D eigenvalue weighted by Gasteiger charge is -2.21. The number of thiazole rings is 1. The lowest BCUT2D eigenvalue weighted by Crippen LogP contribution is -2.24. The number of nitrogens with zero attached hydrogens (tertiary/aromatic N) is 1. The van der Waals surface area contributed by atoms with Crippen molar-refractivity contribution >= 4 is 45.7 Å². The first kappa shape index (κ1) is 24.3. The Morgan fingerprint density at radius 3 is 2.68 bits per heavy atom. The second-order valence-corrected chi connectivity index (χ2v) is 10.6. The minimum Gasteiger partial charge on any atom is -0.497 e. The Morgan fingerprint density at radius 2 is 1.88 bits per heavy atom. The molecule has 1 aliphatic carbocycles. The third-order valence-electron chi connectivity index (χ3n) is 5.86. The number of aromatic nitrogens is 1. The average Bonchev–Trinajstić information content (AvgIpc) is 3.33. The quantitative estimate of drug-likeness (QED) is 0.351. The minimum absolute atomic E-state index is 0.100. The average molecular weight is 496 g/mol. The molecule has 2 aromatic carbocycles. The molecule has 1 aromatic heterocycles. The van der Waals surface area contributed by atoms with E-state index in [0.29, 0.717) is 5.13 Å². The Balaban J connectivity index is 1.33. The van der Waals surface area contributed by atoms with E-state index in [4.69, 9.17) is 4.74 Å². The summed E-state index contributed by atoms with van der Waals surface area (Å²) in [6.07, 6.45) is 5.40. The third-order valence-corrected chi connectivity index (χ3v) is 7.71. The molecule has 3 aromatic rings. The summed E-state index contributed by atoms with van der Waals surface area (Å²) in [5.74, 6) is 0.852. The molecule has 8 heteroatoms. The molecule has 0 bridgehead atoms. The van der Waals surface area contributed by atoms with Crippen LogP contribution >= 0.6 is 23.1 Å². The first-order valence-electron chi connectivity index (χ1n) is 11.5. The number of nitrogens with one attached hydrogen (secondary N) is 2. The number of hydrogen-bond acceptors (Lipinski definition) is 6. The molecule has 1 fully saturated rings. The Labute approximate surface area is 208 Å². The molecule has 0 spiro atoms. The van der Waals surface area contributed by atoms with Crippen molar-refractivity contribution in [3.63, 3.8) is 0 Å². The van der Waals surface area contributed by atoms with Gasteiger partial charge in [0.2, 0.25) is 11.8 Å². The van der Waals surface area contributed by atoms with Crippen molar-refractivity contribution in [3.8, 4) is 17.0 Å². The van der Waals surface area contributed by atoms with Crippen LogP contribution in [0.2, 0.25) is 0 Å². The Bertz CT molecular complexity index is 1140. The van der Waals surface area contributed by atoms with Gasteiger partial charge in [-0.1, -0.05) is 37.5 Å². The lowest BCUT2D eigenvalue weighted by atomic mass is 9.88. The molecule has 6 nitrogen and oxygen atoms in total. The summed E-state index contributed by atoms with van der Waals surface area (Å²) in [5.41, 5.74) is 2.50. The number of hydrogen-bond donors (Lipinski definition) is 2. The minimum atomic E-state index is -0.325. The summed E-state index contributed by atoms with van der Waals surface area (Å²) in [6, 6.07) is 15.4. The van der Waals surface area contributed by atoms with Crippen molar-refractivity contribution in [2.75, 3.05) is 17.7 Å². The Morgan fingerprint density at radius 1 is 1.09 bits per heavy atom. The van der Waals surface area contributed by atoms with Crippen LogP contribution in [-0.2, 0) is 9.59 Å². The van der Waals surface area contributed by atoms with Gasteiger partial charge in [-0.05, 0) is 50.1 Å².